The molecule has 0 heterocycles. The fourth-order valence-corrected chi connectivity index (χ4v) is 3.47. The van der Waals surface area contributed by atoms with Crippen molar-refractivity contribution in [2.45, 2.75) is 13.8 Å². The summed E-state index contributed by atoms with van der Waals surface area (Å²) in [6, 6.07) is 14.4. The lowest BCUT2D eigenvalue weighted by Gasteiger charge is -2.17. The van der Waals surface area contributed by atoms with Crippen LogP contribution < -0.4 is 9.47 Å². The molecule has 30 heavy (non-hydrogen) atoms. The third-order valence-corrected chi connectivity index (χ3v) is 5.17. The number of phenols is 2. The summed E-state index contributed by atoms with van der Waals surface area (Å²) >= 11 is 11.2. The molecule has 2 N–H and O–H groups in total. The Morgan fingerprint density at radius 1 is 0.933 bits per heavy atom. The monoisotopic (exact) mass is 444 g/mol. The first-order valence-corrected chi connectivity index (χ1v) is 10.0. The van der Waals surface area contributed by atoms with Gasteiger partial charge in [-0.25, -0.2) is 0 Å². The molecule has 0 saturated heterocycles. The Balaban J connectivity index is 2.02. The molecule has 0 bridgehead atoms. The molecule has 0 aromatic heterocycles. The maximum absolute atomic E-state index is 11.0. The maximum atomic E-state index is 11.0. The Labute approximate surface area is 185 Å². The highest BCUT2D eigenvalue weighted by atomic mass is 35.5. The summed E-state index contributed by atoms with van der Waals surface area (Å²) in [5.74, 6) is 1.48. The molecule has 0 amide bonds. The van der Waals surface area contributed by atoms with Gasteiger partial charge in [-0.05, 0) is 72.0 Å². The lowest BCUT2D eigenvalue weighted by Crippen LogP contribution is -1.98. The average molecular weight is 445 g/mol. The van der Waals surface area contributed by atoms with E-state index in [2.05, 4.69) is 0 Å². The Morgan fingerprint density at radius 3 is 2.23 bits per heavy atom. The van der Waals surface area contributed by atoms with Crippen molar-refractivity contribution in [1.29, 1.82) is 0 Å². The zero-order valence-corrected chi connectivity index (χ0v) is 18.4. The van der Waals surface area contributed by atoms with Crippen LogP contribution in [0.1, 0.15) is 11.1 Å². The highest BCUT2D eigenvalue weighted by molar-refractivity contribution is 6.55. The van der Waals surface area contributed by atoms with E-state index in [0.717, 1.165) is 33.4 Å². The van der Waals surface area contributed by atoms with Crippen LogP contribution >= 0.6 is 23.2 Å². The highest BCUT2D eigenvalue weighted by Crippen LogP contribution is 2.43. The lowest BCUT2D eigenvalue weighted by molar-refractivity contribution is 0.326. The van der Waals surface area contributed by atoms with E-state index in [0.29, 0.717) is 11.5 Å². The first-order valence-electron chi connectivity index (χ1n) is 9.26. The van der Waals surface area contributed by atoms with E-state index in [9.17, 15) is 10.2 Å². The van der Waals surface area contributed by atoms with E-state index in [-0.39, 0.29) is 22.6 Å². The van der Waals surface area contributed by atoms with Gasteiger partial charge in [0.05, 0.1) is 7.11 Å². The third-order valence-electron chi connectivity index (χ3n) is 4.86. The molecule has 3 rings (SSSR count). The first-order chi connectivity index (χ1) is 14.3. The maximum Gasteiger partial charge on any atom is 0.161 e. The summed E-state index contributed by atoms with van der Waals surface area (Å²) in [5.41, 5.74) is 5.02. The largest absolute Gasteiger partial charge is 0.508 e. The fraction of sp³-hybridized carbons (Fsp3) is 0.167. The van der Waals surface area contributed by atoms with Gasteiger partial charge in [-0.3, -0.25) is 0 Å². The van der Waals surface area contributed by atoms with Crippen molar-refractivity contribution in [3.63, 3.8) is 0 Å². The van der Waals surface area contributed by atoms with Gasteiger partial charge in [0, 0.05) is 5.56 Å². The molecule has 0 unspecified atom stereocenters. The molecule has 0 aliphatic carbocycles. The Bertz CT molecular complexity index is 1090. The molecule has 3 aromatic carbocycles. The average Bonchev–Trinajstić information content (AvgIpc) is 2.72. The molecule has 6 heteroatoms. The molecule has 0 spiro atoms. The Hall–Kier alpha value is -2.82. The van der Waals surface area contributed by atoms with Crippen LogP contribution in [0.3, 0.4) is 0 Å². The number of aryl methyl sites for hydroxylation is 1. The number of benzene rings is 3. The van der Waals surface area contributed by atoms with Crippen molar-refractivity contribution in [1.82, 2.24) is 0 Å². The molecule has 0 aliphatic rings. The summed E-state index contributed by atoms with van der Waals surface area (Å²) in [4.78, 5) is 0. The minimum atomic E-state index is 0.135. The minimum absolute atomic E-state index is 0.135. The van der Waals surface area contributed by atoms with Crippen LogP contribution in [0.4, 0.5) is 0 Å². The standard InChI is InChI=1S/C24H22Cl2O4/c1-14-12-19(16-4-7-18(27)8-5-16)15(2)24(28)23(14)17-6-9-20(21(13-17)29-3)30-11-10-22(25)26/h4-10,12-13,27-28H,11H2,1-3H3. The second-order valence-electron chi connectivity index (χ2n) is 6.81. The van der Waals surface area contributed by atoms with E-state index in [1.54, 1.807) is 25.3 Å². The molecular formula is C24H22Cl2O4. The molecule has 0 fully saturated rings. The van der Waals surface area contributed by atoms with E-state index in [1.165, 1.54) is 6.08 Å². The molecular weight excluding hydrogens is 423 g/mol. The molecule has 0 atom stereocenters. The van der Waals surface area contributed by atoms with Crippen LogP contribution in [0.2, 0.25) is 0 Å². The van der Waals surface area contributed by atoms with Gasteiger partial charge in [0.2, 0.25) is 0 Å². The van der Waals surface area contributed by atoms with Crippen molar-refractivity contribution in [3.8, 4) is 45.3 Å². The van der Waals surface area contributed by atoms with Crippen LogP contribution in [0.25, 0.3) is 22.3 Å². The second kappa shape index (κ2) is 9.33. The summed E-state index contributed by atoms with van der Waals surface area (Å²) < 4.78 is 11.2. The van der Waals surface area contributed by atoms with E-state index in [1.807, 2.05) is 44.2 Å². The van der Waals surface area contributed by atoms with Gasteiger partial charge in [-0.1, -0.05) is 47.5 Å². The summed E-state index contributed by atoms with van der Waals surface area (Å²) in [6.45, 7) is 4.03. The number of rotatable bonds is 6. The zero-order valence-electron chi connectivity index (χ0n) is 16.9. The number of aromatic hydroxyl groups is 2. The Kier molecular flexibility index (Phi) is 6.80. The van der Waals surface area contributed by atoms with E-state index < -0.39 is 0 Å². The molecule has 0 saturated carbocycles. The normalized spacial score (nSPS) is 10.6. The summed E-state index contributed by atoms with van der Waals surface area (Å²) in [7, 11) is 1.56. The fourth-order valence-electron chi connectivity index (χ4n) is 3.34. The van der Waals surface area contributed by atoms with Crippen LogP contribution in [0.15, 0.2) is 59.1 Å². The third kappa shape index (κ3) is 4.66. The zero-order chi connectivity index (χ0) is 21.8. The van der Waals surface area contributed by atoms with Gasteiger partial charge < -0.3 is 19.7 Å². The summed E-state index contributed by atoms with van der Waals surface area (Å²) in [5, 5.41) is 20.5. The van der Waals surface area contributed by atoms with Gasteiger partial charge in [0.25, 0.3) is 0 Å². The predicted molar refractivity (Wildman–Crippen MR) is 122 cm³/mol. The van der Waals surface area contributed by atoms with Crippen molar-refractivity contribution in [2.75, 3.05) is 13.7 Å². The predicted octanol–water partition coefficient (Wildman–Crippen LogP) is 6.76. The van der Waals surface area contributed by atoms with Crippen LogP contribution in [-0.2, 0) is 0 Å². The Morgan fingerprint density at radius 2 is 1.60 bits per heavy atom. The van der Waals surface area contributed by atoms with Crippen molar-refractivity contribution < 1.29 is 19.7 Å². The minimum Gasteiger partial charge on any atom is -0.508 e. The lowest BCUT2D eigenvalue weighted by atomic mass is 9.90. The molecule has 156 valence electrons. The van der Waals surface area contributed by atoms with Gasteiger partial charge in [0.1, 0.15) is 22.6 Å². The highest BCUT2D eigenvalue weighted by Gasteiger charge is 2.17. The van der Waals surface area contributed by atoms with E-state index >= 15 is 0 Å². The molecule has 0 aliphatic heterocycles. The number of phenolic OH excluding ortho intramolecular Hbond substituents is 2. The number of halogens is 2. The van der Waals surface area contributed by atoms with Crippen molar-refractivity contribution in [2.24, 2.45) is 0 Å². The van der Waals surface area contributed by atoms with Gasteiger partial charge >= 0.3 is 0 Å². The first kappa shape index (κ1) is 21.9. The van der Waals surface area contributed by atoms with E-state index in [4.69, 9.17) is 32.7 Å². The molecule has 4 nitrogen and oxygen atoms in total. The van der Waals surface area contributed by atoms with Crippen molar-refractivity contribution in [3.05, 3.63) is 70.2 Å². The quantitative estimate of drug-likeness (QED) is 0.440. The SMILES string of the molecule is COc1cc(-c2c(C)cc(-c3ccc(O)cc3)c(C)c2O)ccc1OCC=C(Cl)Cl. The van der Waals surface area contributed by atoms with Gasteiger partial charge in [0.15, 0.2) is 11.5 Å². The van der Waals surface area contributed by atoms with Gasteiger partial charge in [-0.15, -0.1) is 0 Å². The molecule has 3 aromatic rings. The number of ether oxygens (including phenoxy) is 2. The van der Waals surface area contributed by atoms with Crippen LogP contribution in [-0.4, -0.2) is 23.9 Å². The molecule has 0 radical (unpaired) electrons. The number of hydrogen-bond donors (Lipinski definition) is 2. The van der Waals surface area contributed by atoms with Crippen LogP contribution in [0, 0.1) is 13.8 Å². The van der Waals surface area contributed by atoms with Gasteiger partial charge in [-0.2, -0.15) is 0 Å². The number of methoxy groups -OCH3 is 1. The van der Waals surface area contributed by atoms with Crippen molar-refractivity contribution >= 4 is 23.2 Å². The van der Waals surface area contributed by atoms with Crippen LogP contribution in [0.5, 0.6) is 23.0 Å². The topological polar surface area (TPSA) is 58.9 Å². The number of hydrogen-bond acceptors (Lipinski definition) is 4. The second-order valence-corrected chi connectivity index (χ2v) is 7.81. The summed E-state index contributed by atoms with van der Waals surface area (Å²) in [6.07, 6.45) is 1.54. The smallest absolute Gasteiger partial charge is 0.161 e.